The molecule has 0 aliphatic heterocycles. The molecule has 0 N–H and O–H groups in total. The fourth-order valence-electron chi connectivity index (χ4n) is 1.60. The van der Waals surface area contributed by atoms with E-state index in [0.29, 0.717) is 0 Å². The van der Waals surface area contributed by atoms with Gasteiger partial charge in [0.2, 0.25) is 0 Å². The topological polar surface area (TPSA) is 39.2 Å². The minimum atomic E-state index is -0.834. The van der Waals surface area contributed by atoms with Crippen LogP contribution in [0.4, 0.5) is 4.39 Å². The summed E-state index contributed by atoms with van der Waals surface area (Å²) in [6, 6.07) is 3.99. The Morgan fingerprint density at radius 3 is 2.50 bits per heavy atom. The van der Waals surface area contributed by atoms with Crippen LogP contribution in [0.1, 0.15) is 10.4 Å². The fourth-order valence-corrected chi connectivity index (χ4v) is 2.24. The highest BCUT2D eigenvalue weighted by Gasteiger charge is 2.20. The molecule has 0 amide bonds. The third kappa shape index (κ3) is 2.73. The van der Waals surface area contributed by atoms with Crippen LogP contribution < -0.4 is 0 Å². The number of pyridine rings is 1. The predicted octanol–water partition coefficient (Wildman–Crippen LogP) is 4.63. The van der Waals surface area contributed by atoms with Crippen molar-refractivity contribution in [3.63, 3.8) is 0 Å². The Morgan fingerprint density at radius 2 is 1.85 bits per heavy atom. The van der Waals surface area contributed by atoms with E-state index in [1.807, 2.05) is 0 Å². The second-order valence-electron chi connectivity index (χ2n) is 3.76. The number of methoxy groups -OCH3 is 1. The van der Waals surface area contributed by atoms with Gasteiger partial charge in [-0.25, -0.2) is 9.18 Å². The van der Waals surface area contributed by atoms with E-state index in [0.717, 1.165) is 7.11 Å². The second kappa shape index (κ2) is 5.95. The van der Waals surface area contributed by atoms with Gasteiger partial charge in [0.1, 0.15) is 5.69 Å². The maximum Gasteiger partial charge on any atom is 0.340 e. The van der Waals surface area contributed by atoms with Crippen LogP contribution in [0.2, 0.25) is 15.1 Å². The van der Waals surface area contributed by atoms with Crippen molar-refractivity contribution in [2.24, 2.45) is 0 Å². The first-order valence-electron chi connectivity index (χ1n) is 5.33. The average Bonchev–Trinajstić information content (AvgIpc) is 2.42. The molecular weight excluding hydrogens is 328 g/mol. The molecule has 0 spiro atoms. The molecule has 0 fully saturated rings. The van der Waals surface area contributed by atoms with E-state index in [1.54, 1.807) is 0 Å². The number of aromatic nitrogens is 1. The maximum absolute atomic E-state index is 14.3. The van der Waals surface area contributed by atoms with Crippen LogP contribution >= 0.6 is 34.8 Å². The van der Waals surface area contributed by atoms with Gasteiger partial charge in [-0.3, -0.25) is 4.98 Å². The highest BCUT2D eigenvalue weighted by molar-refractivity contribution is 6.44. The molecule has 0 unspecified atom stereocenters. The van der Waals surface area contributed by atoms with E-state index in [1.165, 1.54) is 24.4 Å². The first-order valence-corrected chi connectivity index (χ1v) is 6.46. The third-order valence-corrected chi connectivity index (χ3v) is 3.59. The van der Waals surface area contributed by atoms with Crippen LogP contribution in [0.15, 0.2) is 24.4 Å². The van der Waals surface area contributed by atoms with Crippen molar-refractivity contribution in [1.82, 2.24) is 4.98 Å². The molecule has 1 aromatic carbocycles. The Bertz CT molecular complexity index is 692. The number of carbonyl (C=O) groups is 1. The van der Waals surface area contributed by atoms with E-state index >= 15 is 0 Å². The molecule has 0 aliphatic carbocycles. The molecule has 2 rings (SSSR count). The van der Waals surface area contributed by atoms with Crippen LogP contribution in [-0.2, 0) is 4.74 Å². The molecular formula is C13H7Cl3FNO2. The van der Waals surface area contributed by atoms with Crippen molar-refractivity contribution < 1.29 is 13.9 Å². The molecule has 20 heavy (non-hydrogen) atoms. The summed E-state index contributed by atoms with van der Waals surface area (Å²) in [5.41, 5.74) is -0.0968. The highest BCUT2D eigenvalue weighted by atomic mass is 35.5. The zero-order chi connectivity index (χ0) is 14.9. The lowest BCUT2D eigenvalue weighted by atomic mass is 10.1. The Balaban J connectivity index is 2.65. The molecule has 0 saturated carbocycles. The number of rotatable bonds is 2. The Morgan fingerprint density at radius 1 is 1.20 bits per heavy atom. The number of esters is 1. The number of nitrogens with zero attached hydrogens (tertiary/aromatic N) is 1. The zero-order valence-corrected chi connectivity index (χ0v) is 12.4. The van der Waals surface area contributed by atoms with Crippen LogP contribution in [0.5, 0.6) is 0 Å². The fraction of sp³-hybridized carbons (Fsp3) is 0.0769. The van der Waals surface area contributed by atoms with Gasteiger partial charge in [-0.15, -0.1) is 0 Å². The Kier molecular flexibility index (Phi) is 4.48. The zero-order valence-electron chi connectivity index (χ0n) is 10.1. The van der Waals surface area contributed by atoms with Gasteiger partial charge >= 0.3 is 5.97 Å². The van der Waals surface area contributed by atoms with Crippen LogP contribution in [0, 0.1) is 5.82 Å². The lowest BCUT2D eigenvalue weighted by molar-refractivity contribution is 0.0595. The molecule has 0 bridgehead atoms. The van der Waals surface area contributed by atoms with Gasteiger partial charge in [0.05, 0.1) is 27.7 Å². The van der Waals surface area contributed by atoms with Gasteiger partial charge in [0.25, 0.3) is 0 Å². The van der Waals surface area contributed by atoms with Gasteiger partial charge in [0.15, 0.2) is 5.82 Å². The number of halogens is 4. The molecule has 1 heterocycles. The lowest BCUT2D eigenvalue weighted by Crippen LogP contribution is -2.06. The van der Waals surface area contributed by atoms with Crippen LogP contribution in [-0.4, -0.2) is 18.1 Å². The van der Waals surface area contributed by atoms with E-state index in [9.17, 15) is 9.18 Å². The molecule has 0 radical (unpaired) electrons. The summed E-state index contributed by atoms with van der Waals surface area (Å²) in [5.74, 6) is -1.64. The summed E-state index contributed by atoms with van der Waals surface area (Å²) in [5, 5.41) is 0.619. The smallest absolute Gasteiger partial charge is 0.340 e. The molecule has 3 nitrogen and oxygen atoms in total. The summed E-state index contributed by atoms with van der Waals surface area (Å²) in [7, 11) is 1.16. The minimum Gasteiger partial charge on any atom is -0.465 e. The lowest BCUT2D eigenvalue weighted by Gasteiger charge is -2.09. The maximum atomic E-state index is 14.3. The van der Waals surface area contributed by atoms with Gasteiger partial charge in [-0.1, -0.05) is 34.8 Å². The monoisotopic (exact) mass is 333 g/mol. The van der Waals surface area contributed by atoms with Crippen molar-refractivity contribution in [2.45, 2.75) is 0 Å². The highest BCUT2D eigenvalue weighted by Crippen LogP contribution is 2.35. The number of hydrogen-bond donors (Lipinski definition) is 0. The van der Waals surface area contributed by atoms with Crippen molar-refractivity contribution in [3.05, 3.63) is 50.8 Å². The van der Waals surface area contributed by atoms with Crippen molar-refractivity contribution in [1.29, 1.82) is 0 Å². The summed E-state index contributed by atoms with van der Waals surface area (Å²) >= 11 is 17.7. The average molecular weight is 335 g/mol. The minimum absolute atomic E-state index is 0.100. The quantitative estimate of drug-likeness (QED) is 0.593. The molecule has 0 aliphatic rings. The van der Waals surface area contributed by atoms with Gasteiger partial charge < -0.3 is 4.74 Å². The molecule has 0 saturated heterocycles. The number of ether oxygens (including phenoxy) is 1. The van der Waals surface area contributed by atoms with Gasteiger partial charge in [0, 0.05) is 11.8 Å². The third-order valence-electron chi connectivity index (χ3n) is 2.56. The Labute approximate surface area is 129 Å². The van der Waals surface area contributed by atoms with Crippen molar-refractivity contribution in [3.8, 4) is 11.3 Å². The molecule has 1 aromatic heterocycles. The summed E-state index contributed by atoms with van der Waals surface area (Å²) < 4.78 is 18.8. The van der Waals surface area contributed by atoms with Crippen molar-refractivity contribution in [2.75, 3.05) is 7.11 Å². The normalized spacial score (nSPS) is 10.4. The van der Waals surface area contributed by atoms with Crippen LogP contribution in [0.25, 0.3) is 11.3 Å². The largest absolute Gasteiger partial charge is 0.465 e. The first-order chi connectivity index (χ1) is 9.45. The number of benzene rings is 1. The predicted molar refractivity (Wildman–Crippen MR) is 76.0 cm³/mol. The molecule has 104 valence electrons. The standard InChI is InChI=1S/C13H7Cl3FNO2/c1-20-13(19)6-2-3-18-12(11(6)17)7-4-9(15)10(16)5-8(7)14/h2-5H,1H3. The SMILES string of the molecule is COC(=O)c1ccnc(-c2cc(Cl)c(Cl)cc2Cl)c1F. The van der Waals surface area contributed by atoms with Gasteiger partial charge in [-0.05, 0) is 18.2 Å². The summed E-state index contributed by atoms with van der Waals surface area (Å²) in [6.45, 7) is 0. The van der Waals surface area contributed by atoms with E-state index in [4.69, 9.17) is 34.8 Å². The molecule has 7 heteroatoms. The van der Waals surface area contributed by atoms with E-state index in [2.05, 4.69) is 9.72 Å². The van der Waals surface area contributed by atoms with Crippen LogP contribution in [0.3, 0.4) is 0 Å². The second-order valence-corrected chi connectivity index (χ2v) is 4.98. The van der Waals surface area contributed by atoms with E-state index < -0.39 is 11.8 Å². The van der Waals surface area contributed by atoms with Crippen molar-refractivity contribution >= 4 is 40.8 Å². The molecule has 0 atom stereocenters. The molecule has 2 aromatic rings. The number of carbonyl (C=O) groups excluding carboxylic acids is 1. The number of hydrogen-bond acceptors (Lipinski definition) is 3. The van der Waals surface area contributed by atoms with E-state index in [-0.39, 0.29) is 31.9 Å². The summed E-state index contributed by atoms with van der Waals surface area (Å²) in [4.78, 5) is 15.3. The Hall–Kier alpha value is -1.36. The van der Waals surface area contributed by atoms with Gasteiger partial charge in [-0.2, -0.15) is 0 Å². The first kappa shape index (κ1) is 15.0. The summed E-state index contributed by atoms with van der Waals surface area (Å²) in [6.07, 6.45) is 1.28.